The molecule has 0 radical (unpaired) electrons. The van der Waals surface area contributed by atoms with Gasteiger partial charge in [-0.05, 0) is 17.5 Å². The van der Waals surface area contributed by atoms with Gasteiger partial charge < -0.3 is 5.73 Å². The normalized spacial score (nSPS) is 12.4. The summed E-state index contributed by atoms with van der Waals surface area (Å²) in [4.78, 5) is 14.6. The van der Waals surface area contributed by atoms with Crippen LogP contribution in [-0.4, -0.2) is 25.4 Å². The molecule has 0 spiro atoms. The standard InChI is InChI=1S/C12H10N4OS3/c1-20(17)12-14-5-4-7(15-12)10-9(16-11(13)19-10)8-3-2-6-18-8/h2-6H,1H3,(H2,13,16). The van der Waals surface area contributed by atoms with Gasteiger partial charge in [0.15, 0.2) is 5.13 Å². The second kappa shape index (κ2) is 5.39. The molecule has 5 nitrogen and oxygen atoms in total. The van der Waals surface area contributed by atoms with Gasteiger partial charge in [0.1, 0.15) is 5.69 Å². The van der Waals surface area contributed by atoms with Crippen molar-refractivity contribution in [3.05, 3.63) is 29.8 Å². The number of thiophene rings is 1. The minimum Gasteiger partial charge on any atom is -0.375 e. The fourth-order valence-electron chi connectivity index (χ4n) is 1.70. The van der Waals surface area contributed by atoms with Crippen molar-refractivity contribution in [2.24, 2.45) is 0 Å². The lowest BCUT2D eigenvalue weighted by Crippen LogP contribution is -1.97. The van der Waals surface area contributed by atoms with Crippen molar-refractivity contribution in [1.82, 2.24) is 15.0 Å². The maximum Gasteiger partial charge on any atom is 0.218 e. The summed E-state index contributed by atoms with van der Waals surface area (Å²) in [6.45, 7) is 0. The summed E-state index contributed by atoms with van der Waals surface area (Å²) in [6, 6.07) is 5.73. The Morgan fingerprint density at radius 2 is 2.15 bits per heavy atom. The fraction of sp³-hybridized carbons (Fsp3) is 0.0833. The Bertz CT molecular complexity index is 767. The highest BCUT2D eigenvalue weighted by Gasteiger charge is 2.16. The van der Waals surface area contributed by atoms with Crippen LogP contribution in [0.5, 0.6) is 0 Å². The molecule has 0 fully saturated rings. The molecule has 1 atom stereocenters. The number of aromatic nitrogens is 3. The molecule has 3 aromatic rings. The molecule has 0 aliphatic rings. The smallest absolute Gasteiger partial charge is 0.218 e. The van der Waals surface area contributed by atoms with Crippen molar-refractivity contribution in [1.29, 1.82) is 0 Å². The fourth-order valence-corrected chi connectivity index (χ4v) is 3.73. The quantitative estimate of drug-likeness (QED) is 0.750. The molecule has 1 unspecified atom stereocenters. The first-order chi connectivity index (χ1) is 9.65. The van der Waals surface area contributed by atoms with E-state index in [-0.39, 0.29) is 0 Å². The van der Waals surface area contributed by atoms with E-state index < -0.39 is 10.8 Å². The predicted octanol–water partition coefficient (Wildman–Crippen LogP) is 2.65. The summed E-state index contributed by atoms with van der Waals surface area (Å²) in [6.07, 6.45) is 3.16. The molecule has 20 heavy (non-hydrogen) atoms. The lowest BCUT2D eigenvalue weighted by molar-refractivity contribution is 0.680. The third-order valence-electron chi connectivity index (χ3n) is 2.52. The number of hydrogen-bond donors (Lipinski definition) is 1. The molecule has 3 heterocycles. The van der Waals surface area contributed by atoms with Gasteiger partial charge in [-0.3, -0.25) is 4.21 Å². The number of nitrogens with two attached hydrogens (primary N) is 1. The third-order valence-corrected chi connectivity index (χ3v) is 5.02. The lowest BCUT2D eigenvalue weighted by atomic mass is 10.2. The summed E-state index contributed by atoms with van der Waals surface area (Å²) >= 11 is 2.96. The molecule has 3 rings (SSSR count). The molecule has 3 aromatic heterocycles. The highest BCUT2D eigenvalue weighted by molar-refractivity contribution is 7.84. The van der Waals surface area contributed by atoms with E-state index in [2.05, 4.69) is 15.0 Å². The maximum absolute atomic E-state index is 11.5. The van der Waals surface area contributed by atoms with E-state index in [4.69, 9.17) is 5.73 Å². The minimum atomic E-state index is -1.22. The highest BCUT2D eigenvalue weighted by atomic mass is 32.2. The van der Waals surface area contributed by atoms with E-state index in [9.17, 15) is 4.21 Å². The zero-order valence-electron chi connectivity index (χ0n) is 10.4. The van der Waals surface area contributed by atoms with Crippen molar-refractivity contribution >= 4 is 38.6 Å². The Morgan fingerprint density at radius 1 is 1.30 bits per heavy atom. The first-order valence-electron chi connectivity index (χ1n) is 5.62. The molecule has 0 aromatic carbocycles. The Hall–Kier alpha value is -1.64. The molecule has 0 saturated carbocycles. The molecule has 0 bridgehead atoms. The van der Waals surface area contributed by atoms with E-state index in [0.29, 0.717) is 16.0 Å². The number of hydrogen-bond acceptors (Lipinski definition) is 7. The molecule has 0 saturated heterocycles. The van der Waals surface area contributed by atoms with E-state index >= 15 is 0 Å². The van der Waals surface area contributed by atoms with Gasteiger partial charge in [0, 0.05) is 12.5 Å². The number of nitrogens with zero attached hydrogens (tertiary/aromatic N) is 3. The Balaban J connectivity index is 2.15. The summed E-state index contributed by atoms with van der Waals surface area (Å²) in [5, 5.41) is 2.79. The number of thiazole rings is 1. The SMILES string of the molecule is CS(=O)c1nccc(-c2sc(N)nc2-c2cccs2)n1. The maximum atomic E-state index is 11.5. The van der Waals surface area contributed by atoms with Gasteiger partial charge in [0.05, 0.1) is 26.2 Å². The summed E-state index contributed by atoms with van der Waals surface area (Å²) < 4.78 is 11.5. The molecule has 102 valence electrons. The van der Waals surface area contributed by atoms with Crippen LogP contribution >= 0.6 is 22.7 Å². The molecule has 0 aliphatic heterocycles. The van der Waals surface area contributed by atoms with Crippen molar-refractivity contribution in [2.75, 3.05) is 12.0 Å². The van der Waals surface area contributed by atoms with Gasteiger partial charge in [-0.1, -0.05) is 17.4 Å². The molecule has 0 amide bonds. The van der Waals surface area contributed by atoms with Crippen molar-refractivity contribution < 1.29 is 4.21 Å². The first kappa shape index (κ1) is 13.3. The summed E-state index contributed by atoms with van der Waals surface area (Å²) in [5.74, 6) is 0. The van der Waals surface area contributed by atoms with Crippen LogP contribution in [0.3, 0.4) is 0 Å². The lowest BCUT2D eigenvalue weighted by Gasteiger charge is -2.01. The summed E-state index contributed by atoms with van der Waals surface area (Å²) in [5.41, 5.74) is 7.34. The van der Waals surface area contributed by atoms with E-state index in [1.54, 1.807) is 29.9 Å². The van der Waals surface area contributed by atoms with Crippen LogP contribution in [0.4, 0.5) is 5.13 Å². The topological polar surface area (TPSA) is 81.8 Å². The average Bonchev–Trinajstić information content (AvgIpc) is 3.07. The van der Waals surface area contributed by atoms with Crippen LogP contribution in [0.1, 0.15) is 0 Å². The number of anilines is 1. The molecular weight excluding hydrogens is 312 g/mol. The molecule has 2 N–H and O–H groups in total. The molecular formula is C12H10N4OS3. The largest absolute Gasteiger partial charge is 0.375 e. The number of nitrogen functional groups attached to an aromatic ring is 1. The average molecular weight is 322 g/mol. The Labute approximate surface area is 126 Å². The van der Waals surface area contributed by atoms with Gasteiger partial charge in [-0.15, -0.1) is 11.3 Å². The van der Waals surface area contributed by atoms with Gasteiger partial charge in [-0.25, -0.2) is 15.0 Å². The molecule has 0 aliphatic carbocycles. The van der Waals surface area contributed by atoms with Gasteiger partial charge in [-0.2, -0.15) is 0 Å². The summed E-state index contributed by atoms with van der Waals surface area (Å²) in [7, 11) is -1.22. The van der Waals surface area contributed by atoms with Crippen LogP contribution < -0.4 is 5.73 Å². The van der Waals surface area contributed by atoms with Crippen LogP contribution in [0, 0.1) is 0 Å². The van der Waals surface area contributed by atoms with Crippen LogP contribution in [0.25, 0.3) is 21.1 Å². The van der Waals surface area contributed by atoms with E-state index in [1.165, 1.54) is 11.3 Å². The van der Waals surface area contributed by atoms with Crippen LogP contribution in [0.2, 0.25) is 0 Å². The second-order valence-electron chi connectivity index (χ2n) is 3.89. The van der Waals surface area contributed by atoms with Gasteiger partial charge >= 0.3 is 0 Å². The monoisotopic (exact) mass is 322 g/mol. The third kappa shape index (κ3) is 2.49. The van der Waals surface area contributed by atoms with Gasteiger partial charge in [0.25, 0.3) is 0 Å². The molecule has 8 heteroatoms. The first-order valence-corrected chi connectivity index (χ1v) is 8.87. The Morgan fingerprint density at radius 3 is 2.85 bits per heavy atom. The van der Waals surface area contributed by atoms with Crippen LogP contribution in [0.15, 0.2) is 34.9 Å². The van der Waals surface area contributed by atoms with Gasteiger partial charge in [0.2, 0.25) is 5.16 Å². The zero-order chi connectivity index (χ0) is 14.1. The van der Waals surface area contributed by atoms with Crippen molar-refractivity contribution in [2.45, 2.75) is 5.16 Å². The van der Waals surface area contributed by atoms with Crippen molar-refractivity contribution in [3.8, 4) is 21.1 Å². The zero-order valence-corrected chi connectivity index (χ0v) is 12.9. The highest BCUT2D eigenvalue weighted by Crippen LogP contribution is 2.38. The minimum absolute atomic E-state index is 0.312. The van der Waals surface area contributed by atoms with E-state index in [1.807, 2.05) is 17.5 Å². The van der Waals surface area contributed by atoms with E-state index in [0.717, 1.165) is 15.4 Å². The second-order valence-corrected chi connectivity index (χ2v) is 7.14. The van der Waals surface area contributed by atoms with Crippen LogP contribution in [-0.2, 0) is 10.8 Å². The predicted molar refractivity (Wildman–Crippen MR) is 83.2 cm³/mol. The van der Waals surface area contributed by atoms with Crippen molar-refractivity contribution in [3.63, 3.8) is 0 Å². The number of rotatable bonds is 3. The Kier molecular flexibility index (Phi) is 3.60.